The van der Waals surface area contributed by atoms with Crippen molar-refractivity contribution in [2.75, 3.05) is 13.2 Å². The van der Waals surface area contributed by atoms with Crippen LogP contribution in [-0.4, -0.2) is 29.9 Å². The van der Waals surface area contributed by atoms with E-state index >= 15 is 0 Å². The molecule has 0 radical (unpaired) electrons. The van der Waals surface area contributed by atoms with Gasteiger partial charge in [0.2, 0.25) is 0 Å². The molecule has 170 valence electrons. The molecule has 4 nitrogen and oxygen atoms in total. The molecule has 0 aliphatic carbocycles. The summed E-state index contributed by atoms with van der Waals surface area (Å²) in [5.74, 6) is 0. The Hall–Kier alpha value is -1.21. The quantitative estimate of drug-likeness (QED) is 0.161. The highest BCUT2D eigenvalue weighted by atomic mass is 32.2. The molecule has 0 saturated carbocycles. The van der Waals surface area contributed by atoms with E-state index in [0.29, 0.717) is 13.0 Å². The van der Waals surface area contributed by atoms with Crippen molar-refractivity contribution >= 4 is 18.4 Å². The van der Waals surface area contributed by atoms with Crippen molar-refractivity contribution in [3.63, 3.8) is 0 Å². The van der Waals surface area contributed by atoms with Crippen molar-refractivity contribution in [1.82, 2.24) is 0 Å². The third-order valence-corrected chi connectivity index (χ3v) is 11.5. The van der Waals surface area contributed by atoms with E-state index in [1.165, 1.54) is 11.1 Å². The minimum absolute atomic E-state index is 0.156. The molecule has 0 atom stereocenters. The number of allylic oxidation sites excluding steroid dienone is 2. The molecule has 6 heteroatoms. The number of aryl methyl sites for hydroxylation is 1. The number of rotatable bonds is 11. The van der Waals surface area contributed by atoms with E-state index in [1.807, 2.05) is 6.92 Å². The summed E-state index contributed by atoms with van der Waals surface area (Å²) in [6.45, 7) is 18.3. The fourth-order valence-corrected chi connectivity index (χ4v) is 4.40. The van der Waals surface area contributed by atoms with Crippen molar-refractivity contribution in [2.45, 2.75) is 83.8 Å². The minimum atomic E-state index is -3.68. The molecule has 0 aromatic heterocycles. The average Bonchev–Trinajstić information content (AvgIpc) is 2.63. The van der Waals surface area contributed by atoms with E-state index in [0.717, 1.165) is 18.4 Å². The monoisotopic (exact) mass is 452 g/mol. The van der Waals surface area contributed by atoms with Crippen molar-refractivity contribution in [1.29, 1.82) is 0 Å². The molecule has 30 heavy (non-hydrogen) atoms. The van der Waals surface area contributed by atoms with Gasteiger partial charge in [-0.15, -0.1) is 0 Å². The second kappa shape index (κ2) is 11.4. The van der Waals surface area contributed by atoms with Gasteiger partial charge in [0.25, 0.3) is 10.1 Å². The summed E-state index contributed by atoms with van der Waals surface area (Å²) in [7, 11) is -5.39. The molecule has 0 heterocycles. The summed E-state index contributed by atoms with van der Waals surface area (Å²) in [5, 5.41) is 0.224. The first-order chi connectivity index (χ1) is 13.7. The lowest BCUT2D eigenvalue weighted by Gasteiger charge is -2.36. The highest BCUT2D eigenvalue weighted by molar-refractivity contribution is 7.86. The Balaban J connectivity index is 2.38. The van der Waals surface area contributed by atoms with E-state index < -0.39 is 18.4 Å². The lowest BCUT2D eigenvalue weighted by atomic mass is 10.1. The van der Waals surface area contributed by atoms with Gasteiger partial charge in [0, 0.05) is 0 Å². The second-order valence-corrected chi connectivity index (χ2v) is 16.0. The summed E-state index contributed by atoms with van der Waals surface area (Å²) in [5.41, 5.74) is 3.52. The van der Waals surface area contributed by atoms with E-state index in [-0.39, 0.29) is 16.5 Å². The van der Waals surface area contributed by atoms with Crippen LogP contribution in [0, 0.1) is 6.92 Å². The van der Waals surface area contributed by atoms with Gasteiger partial charge in [-0.2, -0.15) is 8.42 Å². The lowest BCUT2D eigenvalue weighted by Crippen LogP contribution is -2.41. The molecule has 1 aromatic rings. The zero-order valence-corrected chi connectivity index (χ0v) is 21.9. The summed E-state index contributed by atoms with van der Waals surface area (Å²) in [6.07, 6.45) is 6.77. The van der Waals surface area contributed by atoms with Gasteiger partial charge in [-0.3, -0.25) is 4.18 Å². The molecule has 0 aliphatic rings. The average molecular weight is 453 g/mol. The van der Waals surface area contributed by atoms with E-state index in [9.17, 15) is 8.42 Å². The third kappa shape index (κ3) is 9.29. The molecular formula is C24H40O4SSi. The van der Waals surface area contributed by atoms with Crippen LogP contribution < -0.4 is 0 Å². The van der Waals surface area contributed by atoms with Gasteiger partial charge < -0.3 is 4.43 Å². The Bertz CT molecular complexity index is 829. The molecule has 0 amide bonds. The Kier molecular flexibility index (Phi) is 10.2. The SMILES string of the molecule is C/C(=C\CCOS(=O)(=O)c1ccc(C)cc1)CC/C=C(\C)CO[Si](C)(C)C(C)(C)C. The number of benzene rings is 1. The lowest BCUT2D eigenvalue weighted by molar-refractivity contribution is 0.318. The van der Waals surface area contributed by atoms with Crippen LogP contribution in [0.2, 0.25) is 18.1 Å². The van der Waals surface area contributed by atoms with Crippen LogP contribution in [0.15, 0.2) is 52.5 Å². The molecule has 0 aliphatic heterocycles. The Morgan fingerprint density at radius 1 is 1.00 bits per heavy atom. The van der Waals surface area contributed by atoms with Crippen LogP contribution in [0.25, 0.3) is 0 Å². The predicted octanol–water partition coefficient (Wildman–Crippen LogP) is 6.79. The Morgan fingerprint density at radius 3 is 2.13 bits per heavy atom. The number of hydrogen-bond donors (Lipinski definition) is 0. The maximum atomic E-state index is 12.2. The highest BCUT2D eigenvalue weighted by Gasteiger charge is 2.36. The molecule has 0 spiro atoms. The molecule has 0 bridgehead atoms. The maximum absolute atomic E-state index is 12.2. The Morgan fingerprint density at radius 2 is 1.57 bits per heavy atom. The normalized spacial score (nSPS) is 14.3. The topological polar surface area (TPSA) is 52.6 Å². The van der Waals surface area contributed by atoms with Crippen LogP contribution in [0.1, 0.15) is 59.4 Å². The van der Waals surface area contributed by atoms with Crippen LogP contribution in [-0.2, 0) is 18.7 Å². The zero-order valence-electron chi connectivity index (χ0n) is 20.0. The van der Waals surface area contributed by atoms with Crippen molar-refractivity contribution < 1.29 is 17.0 Å². The largest absolute Gasteiger partial charge is 0.413 e. The van der Waals surface area contributed by atoms with Crippen LogP contribution in [0.5, 0.6) is 0 Å². The molecule has 0 fully saturated rings. The van der Waals surface area contributed by atoms with Gasteiger partial charge in [-0.05, 0) is 70.3 Å². The van der Waals surface area contributed by atoms with Gasteiger partial charge in [0.1, 0.15) is 0 Å². The fourth-order valence-electron chi connectivity index (χ4n) is 2.45. The summed E-state index contributed by atoms with van der Waals surface area (Å²) < 4.78 is 35.7. The number of hydrogen-bond acceptors (Lipinski definition) is 4. The van der Waals surface area contributed by atoms with Gasteiger partial charge in [0.05, 0.1) is 18.1 Å². The molecule has 0 saturated heterocycles. The van der Waals surface area contributed by atoms with Crippen LogP contribution >= 0.6 is 0 Å². The smallest absolute Gasteiger partial charge is 0.296 e. The molecule has 0 N–H and O–H groups in total. The zero-order chi connectivity index (χ0) is 23.0. The summed E-state index contributed by atoms with van der Waals surface area (Å²) in [4.78, 5) is 0.203. The third-order valence-electron chi connectivity index (χ3n) is 5.66. The van der Waals surface area contributed by atoms with Gasteiger partial charge >= 0.3 is 0 Å². The summed E-state index contributed by atoms with van der Waals surface area (Å²) >= 11 is 0. The molecule has 0 unspecified atom stereocenters. The first-order valence-corrected chi connectivity index (χ1v) is 15.0. The molecule has 1 aromatic carbocycles. The second-order valence-electron chi connectivity index (χ2n) is 9.57. The van der Waals surface area contributed by atoms with Gasteiger partial charge in [0.15, 0.2) is 8.32 Å². The molecular weight excluding hydrogens is 412 g/mol. The summed E-state index contributed by atoms with van der Waals surface area (Å²) in [6, 6.07) is 6.70. The minimum Gasteiger partial charge on any atom is -0.413 e. The highest BCUT2D eigenvalue weighted by Crippen LogP contribution is 2.36. The fraction of sp³-hybridized carbons (Fsp3) is 0.583. The predicted molar refractivity (Wildman–Crippen MR) is 129 cm³/mol. The van der Waals surface area contributed by atoms with Gasteiger partial charge in [-0.25, -0.2) is 0 Å². The maximum Gasteiger partial charge on any atom is 0.296 e. The molecule has 1 rings (SSSR count). The first kappa shape index (κ1) is 26.8. The van der Waals surface area contributed by atoms with Crippen LogP contribution in [0.3, 0.4) is 0 Å². The van der Waals surface area contributed by atoms with E-state index in [2.05, 4.69) is 59.9 Å². The van der Waals surface area contributed by atoms with Crippen LogP contribution in [0.4, 0.5) is 0 Å². The van der Waals surface area contributed by atoms with Gasteiger partial charge in [-0.1, -0.05) is 61.8 Å². The van der Waals surface area contributed by atoms with Crippen molar-refractivity contribution in [3.05, 3.63) is 53.1 Å². The Labute approximate surface area is 185 Å². The van der Waals surface area contributed by atoms with E-state index in [4.69, 9.17) is 8.61 Å². The van der Waals surface area contributed by atoms with Crippen molar-refractivity contribution in [3.8, 4) is 0 Å². The first-order valence-electron chi connectivity index (χ1n) is 10.7. The van der Waals surface area contributed by atoms with E-state index in [1.54, 1.807) is 24.3 Å². The van der Waals surface area contributed by atoms with Crippen molar-refractivity contribution in [2.24, 2.45) is 0 Å². The standard InChI is InChI=1S/C24H40O4SSi/c1-20(11-9-12-22(3)19-28-30(7,8)24(4,5)6)13-10-18-27-29(25,26)23-16-14-21(2)15-17-23/h12-17H,9-11,18-19H2,1-8H3/b20-13+,22-12+.